The number of aryl methyl sites for hydroxylation is 1. The van der Waals surface area contributed by atoms with E-state index in [0.29, 0.717) is 0 Å². The van der Waals surface area contributed by atoms with Crippen LogP contribution in [0.4, 0.5) is 11.4 Å². The number of rotatable bonds is 9. The van der Waals surface area contributed by atoms with Gasteiger partial charge in [0.25, 0.3) is 0 Å². The van der Waals surface area contributed by atoms with E-state index in [4.69, 9.17) is 0 Å². The number of phenols is 2. The largest absolute Gasteiger partial charge is 0.507 e. The Balaban J connectivity index is 1.52. The third-order valence-corrected chi connectivity index (χ3v) is 6.01. The third-order valence-electron chi connectivity index (χ3n) is 6.01. The van der Waals surface area contributed by atoms with Crippen LogP contribution in [0.2, 0.25) is 0 Å². The summed E-state index contributed by atoms with van der Waals surface area (Å²) in [6.45, 7) is 2.21. The number of carbonyl (C=O) groups is 2. The lowest BCUT2D eigenvalue weighted by atomic mass is 9.82. The second kappa shape index (κ2) is 9.77. The lowest BCUT2D eigenvalue weighted by Crippen LogP contribution is -2.24. The molecular formula is C27H28N2O4. The van der Waals surface area contributed by atoms with Crippen LogP contribution < -0.4 is 10.9 Å². The van der Waals surface area contributed by atoms with Crippen LogP contribution in [0.5, 0.6) is 11.5 Å². The maximum Gasteiger partial charge on any atom is 0.198 e. The van der Waals surface area contributed by atoms with E-state index in [-0.39, 0.29) is 33.7 Å². The van der Waals surface area contributed by atoms with E-state index in [9.17, 15) is 19.8 Å². The zero-order chi connectivity index (χ0) is 23.4. The molecular weight excluding hydrogens is 416 g/mol. The summed E-state index contributed by atoms with van der Waals surface area (Å²) in [6, 6.07) is 15.5. The Kier molecular flexibility index (Phi) is 6.63. The summed E-state index contributed by atoms with van der Waals surface area (Å²) in [4.78, 5) is 26.1. The number of phenolic OH excluding ortho intramolecular Hbond substituents is 2. The predicted octanol–water partition coefficient (Wildman–Crippen LogP) is 5.83. The van der Waals surface area contributed by atoms with Crippen molar-refractivity contribution in [3.05, 3.63) is 82.4 Å². The van der Waals surface area contributed by atoms with Crippen LogP contribution in [0.15, 0.2) is 54.6 Å². The maximum atomic E-state index is 13.2. The molecule has 0 heterocycles. The molecule has 0 aliphatic heterocycles. The van der Waals surface area contributed by atoms with Gasteiger partial charge in [-0.2, -0.15) is 0 Å². The number of nitrogens with one attached hydrogen (secondary N) is 2. The van der Waals surface area contributed by atoms with Crippen molar-refractivity contribution in [1.29, 1.82) is 0 Å². The second-order valence-corrected chi connectivity index (χ2v) is 8.35. The molecule has 1 aliphatic rings. The zero-order valence-corrected chi connectivity index (χ0v) is 18.6. The quantitative estimate of drug-likeness (QED) is 0.112. The van der Waals surface area contributed by atoms with Gasteiger partial charge in [-0.15, -0.1) is 0 Å². The Morgan fingerprint density at radius 1 is 0.727 bits per heavy atom. The van der Waals surface area contributed by atoms with Gasteiger partial charge in [0.05, 0.1) is 16.8 Å². The fourth-order valence-electron chi connectivity index (χ4n) is 4.21. The van der Waals surface area contributed by atoms with Crippen molar-refractivity contribution < 1.29 is 19.8 Å². The number of benzene rings is 3. The standard InChI is InChI=1S/C27H28N2O4/c1-2-3-4-5-6-9-17-12-14-18(15-13-17)28-29-25-22(31)16-21(30)23-24(25)27(33)20-11-8-7-10-19(20)26(23)32/h7-8,10-16,28-31H,2-6,9H2,1H3. The monoisotopic (exact) mass is 444 g/mol. The molecule has 0 unspecified atom stereocenters. The Bertz CT molecular complexity index is 1190. The second-order valence-electron chi connectivity index (χ2n) is 8.35. The van der Waals surface area contributed by atoms with Crippen LogP contribution in [0.25, 0.3) is 0 Å². The molecule has 0 spiro atoms. The molecule has 0 amide bonds. The number of fused-ring (bicyclic) bond motifs is 2. The fraction of sp³-hybridized carbons (Fsp3) is 0.259. The summed E-state index contributed by atoms with van der Waals surface area (Å²) in [5, 5.41) is 20.8. The first-order chi connectivity index (χ1) is 16.0. The minimum Gasteiger partial charge on any atom is -0.507 e. The summed E-state index contributed by atoms with van der Waals surface area (Å²) in [7, 11) is 0. The van der Waals surface area contributed by atoms with Gasteiger partial charge in [0.1, 0.15) is 17.2 Å². The molecule has 0 saturated heterocycles. The van der Waals surface area contributed by atoms with E-state index in [1.807, 2.05) is 24.3 Å². The third kappa shape index (κ3) is 4.55. The molecule has 3 aromatic carbocycles. The van der Waals surface area contributed by atoms with Crippen molar-refractivity contribution in [3.8, 4) is 11.5 Å². The Labute approximate surface area is 193 Å². The first-order valence-corrected chi connectivity index (χ1v) is 11.4. The van der Waals surface area contributed by atoms with Crippen molar-refractivity contribution in [2.75, 3.05) is 10.9 Å². The van der Waals surface area contributed by atoms with E-state index < -0.39 is 17.3 Å². The molecule has 6 nitrogen and oxygen atoms in total. The van der Waals surface area contributed by atoms with E-state index >= 15 is 0 Å². The van der Waals surface area contributed by atoms with Crippen LogP contribution in [0, 0.1) is 0 Å². The number of unbranched alkanes of at least 4 members (excludes halogenated alkanes) is 4. The molecule has 33 heavy (non-hydrogen) atoms. The van der Waals surface area contributed by atoms with Crippen molar-refractivity contribution in [1.82, 2.24) is 0 Å². The summed E-state index contributed by atoms with van der Waals surface area (Å²) in [6.07, 6.45) is 7.21. The van der Waals surface area contributed by atoms with Crippen molar-refractivity contribution >= 4 is 22.9 Å². The van der Waals surface area contributed by atoms with Gasteiger partial charge < -0.3 is 15.6 Å². The van der Waals surface area contributed by atoms with Crippen molar-refractivity contribution in [2.24, 2.45) is 0 Å². The van der Waals surface area contributed by atoms with Gasteiger partial charge in [-0.25, -0.2) is 0 Å². The number of anilines is 2. The first-order valence-electron chi connectivity index (χ1n) is 11.4. The van der Waals surface area contributed by atoms with E-state index in [2.05, 4.69) is 17.8 Å². The van der Waals surface area contributed by atoms with Crippen LogP contribution >= 0.6 is 0 Å². The molecule has 0 radical (unpaired) electrons. The van der Waals surface area contributed by atoms with E-state index in [0.717, 1.165) is 24.6 Å². The van der Waals surface area contributed by atoms with Gasteiger partial charge in [0.2, 0.25) is 0 Å². The van der Waals surface area contributed by atoms with Gasteiger partial charge in [-0.3, -0.25) is 15.0 Å². The first kappa shape index (κ1) is 22.4. The molecule has 1 aliphatic carbocycles. The molecule has 3 aromatic rings. The molecule has 0 fully saturated rings. The van der Waals surface area contributed by atoms with E-state index in [1.165, 1.54) is 31.2 Å². The summed E-state index contributed by atoms with van der Waals surface area (Å²) in [5.41, 5.74) is 8.21. The Morgan fingerprint density at radius 3 is 2.03 bits per heavy atom. The highest BCUT2D eigenvalue weighted by atomic mass is 16.3. The predicted molar refractivity (Wildman–Crippen MR) is 129 cm³/mol. The van der Waals surface area contributed by atoms with Crippen LogP contribution in [-0.2, 0) is 6.42 Å². The lowest BCUT2D eigenvalue weighted by molar-refractivity contribution is 0.0977. The normalized spacial score (nSPS) is 12.3. The van der Waals surface area contributed by atoms with Gasteiger partial charge in [0.15, 0.2) is 11.6 Å². The van der Waals surface area contributed by atoms with Crippen LogP contribution in [0.1, 0.15) is 76.4 Å². The molecule has 4 N–H and O–H groups in total. The summed E-state index contributed by atoms with van der Waals surface area (Å²) in [5.74, 6) is -1.65. The molecule has 0 saturated carbocycles. The number of ketones is 2. The van der Waals surface area contributed by atoms with Gasteiger partial charge in [-0.1, -0.05) is 69.0 Å². The molecule has 0 atom stereocenters. The Hall–Kier alpha value is -3.80. The number of hydrogen-bond donors (Lipinski definition) is 4. The average Bonchev–Trinajstić information content (AvgIpc) is 2.82. The number of carbonyl (C=O) groups excluding carboxylic acids is 2. The minimum atomic E-state index is -0.455. The number of aromatic hydroxyl groups is 2. The average molecular weight is 445 g/mol. The summed E-state index contributed by atoms with van der Waals surface area (Å²) < 4.78 is 0. The minimum absolute atomic E-state index is 0.0487. The number of hydrazine groups is 1. The van der Waals surface area contributed by atoms with E-state index in [1.54, 1.807) is 24.3 Å². The lowest BCUT2D eigenvalue weighted by Gasteiger charge is -2.23. The molecule has 0 bridgehead atoms. The van der Waals surface area contributed by atoms with Crippen molar-refractivity contribution in [2.45, 2.75) is 45.4 Å². The highest BCUT2D eigenvalue weighted by Gasteiger charge is 2.35. The van der Waals surface area contributed by atoms with Crippen molar-refractivity contribution in [3.63, 3.8) is 0 Å². The van der Waals surface area contributed by atoms with Gasteiger partial charge in [0, 0.05) is 17.2 Å². The topological polar surface area (TPSA) is 98.7 Å². The SMILES string of the molecule is CCCCCCCc1ccc(NNc2c(O)cc(O)c3c2C(=O)c2ccccc2C3=O)cc1. The molecule has 6 heteroatoms. The van der Waals surface area contributed by atoms with Gasteiger partial charge in [-0.05, 0) is 30.5 Å². The highest BCUT2D eigenvalue weighted by Crippen LogP contribution is 2.42. The fourth-order valence-corrected chi connectivity index (χ4v) is 4.21. The number of hydrogen-bond acceptors (Lipinski definition) is 6. The molecule has 4 rings (SSSR count). The Morgan fingerprint density at radius 2 is 1.36 bits per heavy atom. The van der Waals surface area contributed by atoms with Crippen LogP contribution in [-0.4, -0.2) is 21.8 Å². The van der Waals surface area contributed by atoms with Crippen LogP contribution in [0.3, 0.4) is 0 Å². The maximum absolute atomic E-state index is 13.2. The molecule has 170 valence electrons. The summed E-state index contributed by atoms with van der Waals surface area (Å²) >= 11 is 0. The smallest absolute Gasteiger partial charge is 0.198 e. The molecule has 0 aromatic heterocycles. The van der Waals surface area contributed by atoms with Gasteiger partial charge >= 0.3 is 0 Å². The zero-order valence-electron chi connectivity index (χ0n) is 18.6. The highest BCUT2D eigenvalue weighted by molar-refractivity contribution is 6.31.